The lowest BCUT2D eigenvalue weighted by Gasteiger charge is -2.17. The van der Waals surface area contributed by atoms with Gasteiger partial charge in [-0.15, -0.1) is 0 Å². The number of hydrogen-bond acceptors (Lipinski definition) is 3. The van der Waals surface area contributed by atoms with Crippen LogP contribution in [0.15, 0.2) is 54.6 Å². The highest BCUT2D eigenvalue weighted by molar-refractivity contribution is 6.30. The maximum atomic E-state index is 13.3. The van der Waals surface area contributed by atoms with E-state index in [1.165, 1.54) is 12.8 Å². The van der Waals surface area contributed by atoms with E-state index >= 15 is 0 Å². The number of aliphatic hydroxyl groups excluding tert-OH is 1. The van der Waals surface area contributed by atoms with Gasteiger partial charge in [0.2, 0.25) is 0 Å². The molecule has 4 rings (SSSR count). The van der Waals surface area contributed by atoms with Crippen molar-refractivity contribution in [2.75, 3.05) is 6.61 Å². The van der Waals surface area contributed by atoms with Crippen molar-refractivity contribution in [1.29, 1.82) is 0 Å². The number of carbonyl (C=O) groups excluding carboxylic acids is 1. The number of hydrogen-bond donors (Lipinski definition) is 2. The molecule has 0 spiro atoms. The van der Waals surface area contributed by atoms with Crippen LogP contribution in [0.4, 0.5) is 0 Å². The molecule has 0 bridgehead atoms. The van der Waals surface area contributed by atoms with Crippen molar-refractivity contribution in [3.8, 4) is 0 Å². The van der Waals surface area contributed by atoms with E-state index in [1.807, 2.05) is 59.3 Å². The molecule has 1 aromatic heterocycles. The van der Waals surface area contributed by atoms with Crippen molar-refractivity contribution in [1.82, 2.24) is 15.1 Å². The normalized spacial score (nSPS) is 14.9. The standard InChI is InChI=1S/C25H28ClN3O2/c26-20-12-8-9-18(15-20)16-29-23-14-7-2-1-6-13-21(23)24(28-29)25(31)27-22(17-30)19-10-4-3-5-11-19/h3-5,8-12,15,22,30H,1-2,6-7,13-14,16-17H2,(H,27,31)/t22-/m0/s1. The second-order valence-electron chi connectivity index (χ2n) is 8.09. The van der Waals surface area contributed by atoms with Gasteiger partial charge >= 0.3 is 0 Å². The first kappa shape index (κ1) is 21.6. The summed E-state index contributed by atoms with van der Waals surface area (Å²) in [6.07, 6.45) is 6.28. The first-order valence-electron chi connectivity index (χ1n) is 11.0. The van der Waals surface area contributed by atoms with E-state index < -0.39 is 6.04 Å². The van der Waals surface area contributed by atoms with Crippen molar-refractivity contribution >= 4 is 17.5 Å². The van der Waals surface area contributed by atoms with Crippen LogP contribution in [0.3, 0.4) is 0 Å². The van der Waals surface area contributed by atoms with Gasteiger partial charge in [-0.1, -0.05) is 66.9 Å². The van der Waals surface area contributed by atoms with E-state index in [1.54, 1.807) is 0 Å². The predicted octanol–water partition coefficient (Wildman–Crippen LogP) is 4.71. The smallest absolute Gasteiger partial charge is 0.272 e. The number of benzene rings is 2. The Morgan fingerprint density at radius 2 is 1.84 bits per heavy atom. The van der Waals surface area contributed by atoms with Crippen LogP contribution in [-0.2, 0) is 19.4 Å². The topological polar surface area (TPSA) is 67.2 Å². The molecule has 2 aromatic carbocycles. The molecular formula is C25H28ClN3O2. The summed E-state index contributed by atoms with van der Waals surface area (Å²) in [4.78, 5) is 13.3. The van der Waals surface area contributed by atoms with Crippen molar-refractivity contribution in [3.63, 3.8) is 0 Å². The van der Waals surface area contributed by atoms with Crippen LogP contribution in [0.1, 0.15) is 64.6 Å². The van der Waals surface area contributed by atoms with Crippen LogP contribution in [0.2, 0.25) is 5.02 Å². The molecule has 31 heavy (non-hydrogen) atoms. The zero-order valence-corrected chi connectivity index (χ0v) is 18.3. The zero-order chi connectivity index (χ0) is 21.6. The molecule has 0 unspecified atom stereocenters. The van der Waals surface area contributed by atoms with E-state index in [9.17, 15) is 9.90 Å². The molecule has 0 saturated carbocycles. The summed E-state index contributed by atoms with van der Waals surface area (Å²) >= 11 is 6.17. The molecule has 1 amide bonds. The minimum atomic E-state index is -0.462. The van der Waals surface area contributed by atoms with Gasteiger partial charge in [0.1, 0.15) is 0 Å². The third-order valence-corrected chi connectivity index (χ3v) is 6.12. The summed E-state index contributed by atoms with van der Waals surface area (Å²) in [7, 11) is 0. The van der Waals surface area contributed by atoms with Crippen LogP contribution in [0.5, 0.6) is 0 Å². The second kappa shape index (κ2) is 10.1. The van der Waals surface area contributed by atoms with Gasteiger partial charge in [-0.05, 0) is 48.9 Å². The molecule has 0 saturated heterocycles. The average molecular weight is 438 g/mol. The minimum absolute atomic E-state index is 0.166. The Morgan fingerprint density at radius 1 is 1.06 bits per heavy atom. The SMILES string of the molecule is O=C(N[C@@H](CO)c1ccccc1)c1nn(Cc2cccc(Cl)c2)c2c1CCCCCC2. The molecule has 5 nitrogen and oxygen atoms in total. The summed E-state index contributed by atoms with van der Waals surface area (Å²) in [5.74, 6) is -0.232. The van der Waals surface area contributed by atoms with Crippen LogP contribution in [-0.4, -0.2) is 27.4 Å². The Morgan fingerprint density at radius 3 is 2.58 bits per heavy atom. The number of amides is 1. The molecule has 0 radical (unpaired) electrons. The molecule has 6 heteroatoms. The fraction of sp³-hybridized carbons (Fsp3) is 0.360. The number of carbonyl (C=O) groups is 1. The Hall–Kier alpha value is -2.63. The van der Waals surface area contributed by atoms with E-state index in [0.29, 0.717) is 17.3 Å². The van der Waals surface area contributed by atoms with Crippen molar-refractivity contribution < 1.29 is 9.90 Å². The number of fused-ring (bicyclic) bond motifs is 1. The number of nitrogens with zero attached hydrogens (tertiary/aromatic N) is 2. The molecule has 0 fully saturated rings. The molecule has 1 heterocycles. The van der Waals surface area contributed by atoms with E-state index in [2.05, 4.69) is 5.32 Å². The molecule has 1 aliphatic rings. The molecular weight excluding hydrogens is 410 g/mol. The van der Waals surface area contributed by atoms with Gasteiger partial charge in [-0.25, -0.2) is 0 Å². The van der Waals surface area contributed by atoms with Crippen LogP contribution >= 0.6 is 11.6 Å². The third-order valence-electron chi connectivity index (χ3n) is 5.88. The van der Waals surface area contributed by atoms with E-state index in [0.717, 1.165) is 48.1 Å². The van der Waals surface area contributed by atoms with Crippen LogP contribution in [0.25, 0.3) is 0 Å². The van der Waals surface area contributed by atoms with Crippen molar-refractivity contribution in [2.24, 2.45) is 0 Å². The van der Waals surface area contributed by atoms with Gasteiger partial charge in [0.15, 0.2) is 5.69 Å². The Balaban J connectivity index is 1.65. The first-order valence-corrected chi connectivity index (χ1v) is 11.3. The summed E-state index contributed by atoms with van der Waals surface area (Å²) in [6, 6.07) is 16.8. The number of aliphatic hydroxyl groups is 1. The minimum Gasteiger partial charge on any atom is -0.394 e. The first-order chi connectivity index (χ1) is 15.2. The summed E-state index contributed by atoms with van der Waals surface area (Å²) in [6.45, 7) is 0.416. The Kier molecular flexibility index (Phi) is 7.05. The maximum Gasteiger partial charge on any atom is 0.272 e. The van der Waals surface area contributed by atoms with Gasteiger partial charge in [-0.3, -0.25) is 9.48 Å². The molecule has 0 aliphatic heterocycles. The van der Waals surface area contributed by atoms with Crippen molar-refractivity contribution in [3.05, 3.63) is 87.7 Å². The third kappa shape index (κ3) is 5.17. The van der Waals surface area contributed by atoms with Gasteiger partial charge in [0, 0.05) is 16.3 Å². The molecule has 1 aliphatic carbocycles. The summed E-state index contributed by atoms with van der Waals surface area (Å²) in [5, 5.41) is 18.3. The fourth-order valence-corrected chi connectivity index (χ4v) is 4.51. The monoisotopic (exact) mass is 437 g/mol. The predicted molar refractivity (Wildman–Crippen MR) is 122 cm³/mol. The lowest BCUT2D eigenvalue weighted by molar-refractivity contribution is 0.0909. The number of rotatable bonds is 6. The highest BCUT2D eigenvalue weighted by Gasteiger charge is 2.25. The maximum absolute atomic E-state index is 13.3. The Bertz CT molecular complexity index is 1030. The number of aromatic nitrogens is 2. The Labute approximate surface area is 188 Å². The summed E-state index contributed by atoms with van der Waals surface area (Å²) in [5.41, 5.74) is 4.60. The quantitative estimate of drug-likeness (QED) is 0.587. The zero-order valence-electron chi connectivity index (χ0n) is 17.6. The van der Waals surface area contributed by atoms with Crippen LogP contribution in [0, 0.1) is 0 Å². The van der Waals surface area contributed by atoms with E-state index in [-0.39, 0.29) is 12.5 Å². The average Bonchev–Trinajstić information content (AvgIpc) is 3.08. The highest BCUT2D eigenvalue weighted by atomic mass is 35.5. The molecule has 162 valence electrons. The van der Waals surface area contributed by atoms with Gasteiger partial charge in [-0.2, -0.15) is 5.10 Å². The number of nitrogens with one attached hydrogen (secondary N) is 1. The highest BCUT2D eigenvalue weighted by Crippen LogP contribution is 2.25. The largest absolute Gasteiger partial charge is 0.394 e. The van der Waals surface area contributed by atoms with Gasteiger partial charge in [0.25, 0.3) is 5.91 Å². The van der Waals surface area contributed by atoms with Crippen LogP contribution < -0.4 is 5.32 Å². The molecule has 3 aromatic rings. The van der Waals surface area contributed by atoms with Gasteiger partial charge in [0.05, 0.1) is 19.2 Å². The molecule has 2 N–H and O–H groups in total. The lowest BCUT2D eigenvalue weighted by atomic mass is 9.96. The fourth-order valence-electron chi connectivity index (χ4n) is 4.29. The van der Waals surface area contributed by atoms with Gasteiger partial charge < -0.3 is 10.4 Å². The number of halogens is 1. The summed E-state index contributed by atoms with van der Waals surface area (Å²) < 4.78 is 1.97. The molecule has 1 atom stereocenters. The second-order valence-corrected chi connectivity index (χ2v) is 8.53. The van der Waals surface area contributed by atoms with Crippen molar-refractivity contribution in [2.45, 2.75) is 51.1 Å². The van der Waals surface area contributed by atoms with E-state index in [4.69, 9.17) is 16.7 Å². The lowest BCUT2D eigenvalue weighted by Crippen LogP contribution is -2.31.